The maximum Gasteiger partial charge on any atom is 0.240 e. The van der Waals surface area contributed by atoms with Crippen molar-refractivity contribution in [2.45, 2.75) is 25.6 Å². The molecule has 4 amide bonds. The number of nitrogens with zero attached hydrogens (tertiary/aromatic N) is 2. The van der Waals surface area contributed by atoms with Gasteiger partial charge in [-0.15, -0.1) is 0 Å². The number of rotatable bonds is 2. The SMILES string of the molecule is CC1=C2[C@@H]([C@@H]3O[C@H]2[C@H]2C(=O)N(c4ccccc4)C(=O)[C@@H]32)[C@H]2C(=O)N(c3ccccc3)C(=O)[C@H]2C1. The molecule has 5 aliphatic rings. The van der Waals surface area contributed by atoms with E-state index in [0.717, 1.165) is 11.1 Å². The molecule has 4 fully saturated rings. The second-order valence-corrected chi connectivity index (χ2v) is 9.87. The standard InChI is InChI=1S/C27H22N2O5/c1-13-12-16-18(25(31)28(24(16)30)14-8-4-2-5-9-14)19-17(13)22-20-21(23(19)34-22)27(33)29(26(20)32)15-10-6-3-7-11-15/h2-11,16,18-23H,12H2,1H3/t16-,18-,19+,20-,21+,22+,23-/m0/s1. The Balaban J connectivity index is 1.29. The van der Waals surface area contributed by atoms with Gasteiger partial charge < -0.3 is 4.74 Å². The molecule has 4 aliphatic heterocycles. The van der Waals surface area contributed by atoms with Crippen molar-refractivity contribution < 1.29 is 23.9 Å². The molecule has 4 saturated heterocycles. The van der Waals surface area contributed by atoms with E-state index in [4.69, 9.17) is 4.74 Å². The van der Waals surface area contributed by atoms with Crippen molar-refractivity contribution in [3.05, 3.63) is 71.8 Å². The van der Waals surface area contributed by atoms with Gasteiger partial charge >= 0.3 is 0 Å². The first-order valence-electron chi connectivity index (χ1n) is 11.7. The summed E-state index contributed by atoms with van der Waals surface area (Å²) in [6.45, 7) is 1.97. The van der Waals surface area contributed by atoms with Crippen molar-refractivity contribution >= 4 is 35.0 Å². The van der Waals surface area contributed by atoms with Crippen molar-refractivity contribution in [1.29, 1.82) is 0 Å². The number of para-hydroxylation sites is 2. The molecule has 7 heteroatoms. The van der Waals surface area contributed by atoms with Gasteiger partial charge in [-0.05, 0) is 43.2 Å². The summed E-state index contributed by atoms with van der Waals surface area (Å²) >= 11 is 0. The van der Waals surface area contributed by atoms with Gasteiger partial charge in [0.15, 0.2) is 0 Å². The molecule has 2 aromatic rings. The number of fused-ring (bicyclic) bond motifs is 10. The first-order valence-corrected chi connectivity index (χ1v) is 11.7. The number of hydrogen-bond acceptors (Lipinski definition) is 5. The van der Waals surface area contributed by atoms with Gasteiger partial charge in [-0.1, -0.05) is 42.0 Å². The van der Waals surface area contributed by atoms with Crippen LogP contribution in [-0.2, 0) is 23.9 Å². The molecule has 0 unspecified atom stereocenters. The van der Waals surface area contributed by atoms with Crippen molar-refractivity contribution in [3.63, 3.8) is 0 Å². The molecule has 7 nitrogen and oxygen atoms in total. The van der Waals surface area contributed by atoms with Gasteiger partial charge in [0.2, 0.25) is 23.6 Å². The molecule has 7 rings (SSSR count). The lowest BCUT2D eigenvalue weighted by Gasteiger charge is -2.37. The number of ether oxygens (including phenoxy) is 1. The van der Waals surface area contributed by atoms with Crippen LogP contribution in [0.5, 0.6) is 0 Å². The van der Waals surface area contributed by atoms with Crippen molar-refractivity contribution in [2.75, 3.05) is 9.80 Å². The Bertz CT molecular complexity index is 1300. The summed E-state index contributed by atoms with van der Waals surface area (Å²) in [5.41, 5.74) is 3.09. The second-order valence-electron chi connectivity index (χ2n) is 9.87. The van der Waals surface area contributed by atoms with Crippen LogP contribution >= 0.6 is 0 Å². The van der Waals surface area contributed by atoms with E-state index in [2.05, 4.69) is 0 Å². The van der Waals surface area contributed by atoms with Gasteiger partial charge in [0.1, 0.15) is 0 Å². The first-order chi connectivity index (χ1) is 16.5. The highest BCUT2D eigenvalue weighted by Crippen LogP contribution is 2.61. The van der Waals surface area contributed by atoms with Gasteiger partial charge in [-0.3, -0.25) is 24.1 Å². The first kappa shape index (κ1) is 19.9. The number of allylic oxidation sites excluding steroid dienone is 1. The van der Waals surface area contributed by atoms with Crippen LogP contribution in [0.1, 0.15) is 13.3 Å². The minimum Gasteiger partial charge on any atom is -0.368 e. The summed E-state index contributed by atoms with van der Waals surface area (Å²) in [5, 5.41) is 0. The van der Waals surface area contributed by atoms with Gasteiger partial charge in [0.25, 0.3) is 0 Å². The smallest absolute Gasteiger partial charge is 0.240 e. The van der Waals surface area contributed by atoms with Crippen molar-refractivity contribution in [2.24, 2.45) is 29.6 Å². The van der Waals surface area contributed by atoms with E-state index < -0.39 is 35.9 Å². The fraction of sp³-hybridized carbons (Fsp3) is 0.333. The van der Waals surface area contributed by atoms with Crippen LogP contribution in [0.4, 0.5) is 11.4 Å². The van der Waals surface area contributed by atoms with Crippen molar-refractivity contribution in [3.8, 4) is 0 Å². The Labute approximate surface area is 196 Å². The summed E-state index contributed by atoms with van der Waals surface area (Å²) in [7, 11) is 0. The highest BCUT2D eigenvalue weighted by Gasteiger charge is 2.72. The predicted molar refractivity (Wildman–Crippen MR) is 121 cm³/mol. The lowest BCUT2D eigenvalue weighted by atomic mass is 9.61. The molecule has 34 heavy (non-hydrogen) atoms. The molecular weight excluding hydrogens is 432 g/mol. The Morgan fingerprint density at radius 1 is 0.676 bits per heavy atom. The van der Waals surface area contributed by atoms with Crippen LogP contribution in [0.2, 0.25) is 0 Å². The number of benzene rings is 2. The molecule has 0 radical (unpaired) electrons. The highest BCUT2D eigenvalue weighted by molar-refractivity contribution is 6.24. The third kappa shape index (κ3) is 2.30. The minimum absolute atomic E-state index is 0.196. The van der Waals surface area contributed by atoms with Crippen LogP contribution in [0.25, 0.3) is 0 Å². The minimum atomic E-state index is -0.633. The molecular formula is C27H22N2O5. The van der Waals surface area contributed by atoms with E-state index >= 15 is 0 Å². The quantitative estimate of drug-likeness (QED) is 0.515. The van der Waals surface area contributed by atoms with Gasteiger partial charge in [-0.2, -0.15) is 0 Å². The van der Waals surface area contributed by atoms with E-state index in [-0.39, 0.29) is 29.5 Å². The molecule has 2 bridgehead atoms. The Hall–Kier alpha value is -3.58. The maximum absolute atomic E-state index is 13.7. The zero-order valence-corrected chi connectivity index (χ0v) is 18.5. The lowest BCUT2D eigenvalue weighted by Crippen LogP contribution is -2.45. The molecule has 4 heterocycles. The second kappa shape index (κ2) is 6.73. The third-order valence-electron chi connectivity index (χ3n) is 8.31. The molecule has 2 aromatic carbocycles. The average molecular weight is 454 g/mol. The fourth-order valence-electron chi connectivity index (χ4n) is 7.06. The Morgan fingerprint density at radius 2 is 1.21 bits per heavy atom. The van der Waals surface area contributed by atoms with Crippen LogP contribution in [-0.4, -0.2) is 35.8 Å². The maximum atomic E-state index is 13.7. The summed E-state index contributed by atoms with van der Waals surface area (Å²) in [5.74, 6) is -3.56. The van der Waals surface area contributed by atoms with E-state index in [1.54, 1.807) is 48.5 Å². The average Bonchev–Trinajstić information content (AvgIpc) is 3.55. The normalized spacial score (nSPS) is 35.9. The van der Waals surface area contributed by atoms with E-state index in [1.807, 2.05) is 19.1 Å². The number of amides is 4. The lowest BCUT2D eigenvalue weighted by molar-refractivity contribution is -0.128. The predicted octanol–water partition coefficient (Wildman–Crippen LogP) is 2.72. The number of carbonyl (C=O) groups excluding carboxylic acids is 4. The summed E-state index contributed by atoms with van der Waals surface area (Å²) < 4.78 is 6.31. The highest BCUT2D eigenvalue weighted by atomic mass is 16.5. The molecule has 170 valence electrons. The molecule has 0 saturated carbocycles. The van der Waals surface area contributed by atoms with Crippen LogP contribution in [0, 0.1) is 29.6 Å². The van der Waals surface area contributed by atoms with Crippen LogP contribution in [0.3, 0.4) is 0 Å². The van der Waals surface area contributed by atoms with Crippen molar-refractivity contribution in [1.82, 2.24) is 0 Å². The number of hydrogen-bond donors (Lipinski definition) is 0. The largest absolute Gasteiger partial charge is 0.368 e. The molecule has 7 atom stereocenters. The van der Waals surface area contributed by atoms with E-state index in [0.29, 0.717) is 17.8 Å². The zero-order chi connectivity index (χ0) is 23.3. The number of carbonyl (C=O) groups is 4. The topological polar surface area (TPSA) is 84.0 Å². The summed E-state index contributed by atoms with van der Waals surface area (Å²) in [4.78, 5) is 56.6. The van der Waals surface area contributed by atoms with E-state index in [9.17, 15) is 19.2 Å². The van der Waals surface area contributed by atoms with Crippen LogP contribution < -0.4 is 9.80 Å². The van der Waals surface area contributed by atoms with E-state index in [1.165, 1.54) is 9.80 Å². The molecule has 1 aliphatic carbocycles. The van der Waals surface area contributed by atoms with Gasteiger partial charge in [-0.25, -0.2) is 4.90 Å². The Morgan fingerprint density at radius 3 is 1.82 bits per heavy atom. The molecule has 0 spiro atoms. The molecule has 0 aromatic heterocycles. The third-order valence-corrected chi connectivity index (χ3v) is 8.31. The summed E-state index contributed by atoms with van der Waals surface area (Å²) in [6, 6.07) is 17.9. The molecule has 0 N–H and O–H groups in total. The zero-order valence-electron chi connectivity index (χ0n) is 18.5. The Kier molecular flexibility index (Phi) is 3.93. The summed E-state index contributed by atoms with van der Waals surface area (Å²) in [6.07, 6.45) is -0.621. The fourth-order valence-corrected chi connectivity index (χ4v) is 7.06. The van der Waals surface area contributed by atoms with Crippen LogP contribution in [0.15, 0.2) is 71.8 Å². The monoisotopic (exact) mass is 454 g/mol. The van der Waals surface area contributed by atoms with Gasteiger partial charge in [0.05, 0.1) is 47.3 Å². The number of imide groups is 2. The number of anilines is 2. The van der Waals surface area contributed by atoms with Gasteiger partial charge in [0, 0.05) is 5.92 Å².